The van der Waals surface area contributed by atoms with Crippen LogP contribution in [0.5, 0.6) is 0 Å². The molecule has 0 aromatic heterocycles. The van der Waals surface area contributed by atoms with Gasteiger partial charge in [0.2, 0.25) is 0 Å². The van der Waals surface area contributed by atoms with E-state index in [4.69, 9.17) is 5.11 Å². The molecule has 0 radical (unpaired) electrons. The molecule has 0 aliphatic carbocycles. The minimum atomic E-state index is -0.821. The van der Waals surface area contributed by atoms with Crippen molar-refractivity contribution >= 4 is 23.8 Å². The molecule has 2 amide bonds. The summed E-state index contributed by atoms with van der Waals surface area (Å²) in [6.45, 7) is 2.04. The number of nitrogens with one attached hydrogen (secondary N) is 1. The standard InChI is InChI=1S/C10H18N2O3S/c1-16-8-4-6-12(7-8)10(15)11-5-2-3-9(13)14/h8H,2-7H2,1H3,(H,11,15)(H,13,14). The molecule has 1 unspecified atom stereocenters. The van der Waals surface area contributed by atoms with Gasteiger partial charge in [-0.2, -0.15) is 11.8 Å². The van der Waals surface area contributed by atoms with Gasteiger partial charge in [0.05, 0.1) is 0 Å². The minimum absolute atomic E-state index is 0.0676. The third-order valence-electron chi connectivity index (χ3n) is 2.61. The summed E-state index contributed by atoms with van der Waals surface area (Å²) in [4.78, 5) is 23.7. The zero-order valence-corrected chi connectivity index (χ0v) is 10.3. The van der Waals surface area contributed by atoms with Crippen molar-refractivity contribution < 1.29 is 14.7 Å². The van der Waals surface area contributed by atoms with E-state index >= 15 is 0 Å². The zero-order valence-electron chi connectivity index (χ0n) is 9.44. The van der Waals surface area contributed by atoms with Crippen LogP contribution in [0.3, 0.4) is 0 Å². The Bertz CT molecular complexity index is 260. The Kier molecular flexibility index (Phi) is 5.45. The Morgan fingerprint density at radius 2 is 2.31 bits per heavy atom. The van der Waals surface area contributed by atoms with Crippen molar-refractivity contribution in [3.05, 3.63) is 0 Å². The van der Waals surface area contributed by atoms with Crippen LogP contribution >= 0.6 is 11.8 Å². The molecule has 0 aromatic rings. The van der Waals surface area contributed by atoms with Gasteiger partial charge in [-0.25, -0.2) is 4.79 Å². The maximum Gasteiger partial charge on any atom is 0.317 e. The first-order valence-electron chi connectivity index (χ1n) is 5.41. The van der Waals surface area contributed by atoms with E-state index in [2.05, 4.69) is 11.6 Å². The average molecular weight is 246 g/mol. The van der Waals surface area contributed by atoms with Crippen molar-refractivity contribution in [2.45, 2.75) is 24.5 Å². The Morgan fingerprint density at radius 1 is 1.56 bits per heavy atom. The van der Waals surface area contributed by atoms with Crippen LogP contribution < -0.4 is 5.32 Å². The topological polar surface area (TPSA) is 69.6 Å². The molecular formula is C10H18N2O3S. The lowest BCUT2D eigenvalue weighted by Crippen LogP contribution is -2.39. The molecule has 1 aliphatic heterocycles. The number of carbonyl (C=O) groups is 2. The lowest BCUT2D eigenvalue weighted by atomic mass is 10.3. The van der Waals surface area contributed by atoms with Crippen molar-refractivity contribution in [1.82, 2.24) is 10.2 Å². The number of thioether (sulfide) groups is 1. The molecule has 1 saturated heterocycles. The van der Waals surface area contributed by atoms with Crippen LogP contribution in [0.4, 0.5) is 4.79 Å². The molecule has 1 fully saturated rings. The Morgan fingerprint density at radius 3 is 2.88 bits per heavy atom. The van der Waals surface area contributed by atoms with Crippen LogP contribution in [0.25, 0.3) is 0 Å². The second-order valence-corrected chi connectivity index (χ2v) is 4.96. The highest BCUT2D eigenvalue weighted by Gasteiger charge is 2.24. The van der Waals surface area contributed by atoms with Crippen molar-refractivity contribution in [2.75, 3.05) is 25.9 Å². The SMILES string of the molecule is CSC1CCN(C(=O)NCCCC(=O)O)C1. The minimum Gasteiger partial charge on any atom is -0.481 e. The second-order valence-electron chi connectivity index (χ2n) is 3.82. The number of carbonyl (C=O) groups excluding carboxylic acids is 1. The zero-order chi connectivity index (χ0) is 12.0. The van der Waals surface area contributed by atoms with Crippen molar-refractivity contribution in [2.24, 2.45) is 0 Å². The van der Waals surface area contributed by atoms with Crippen LogP contribution in [0.15, 0.2) is 0 Å². The highest BCUT2D eigenvalue weighted by atomic mass is 32.2. The van der Waals surface area contributed by atoms with Gasteiger partial charge in [0.1, 0.15) is 0 Å². The van der Waals surface area contributed by atoms with Crippen LogP contribution in [0.2, 0.25) is 0 Å². The molecule has 1 rings (SSSR count). The molecule has 5 nitrogen and oxygen atoms in total. The predicted octanol–water partition coefficient (Wildman–Crippen LogP) is 0.998. The summed E-state index contributed by atoms with van der Waals surface area (Å²) in [5, 5.41) is 11.7. The summed E-state index contributed by atoms with van der Waals surface area (Å²) in [6, 6.07) is -0.0676. The van der Waals surface area contributed by atoms with Gasteiger partial charge in [-0.1, -0.05) is 0 Å². The number of carboxylic acid groups (broad SMARTS) is 1. The maximum atomic E-state index is 11.6. The molecule has 92 valence electrons. The van der Waals surface area contributed by atoms with E-state index in [1.165, 1.54) is 0 Å². The molecule has 1 atom stereocenters. The van der Waals surface area contributed by atoms with Gasteiger partial charge in [0, 0.05) is 31.3 Å². The number of hydrogen-bond donors (Lipinski definition) is 2. The first-order valence-corrected chi connectivity index (χ1v) is 6.69. The van der Waals surface area contributed by atoms with Gasteiger partial charge >= 0.3 is 12.0 Å². The Labute approximate surface area is 99.6 Å². The van der Waals surface area contributed by atoms with E-state index in [1.807, 2.05) is 0 Å². The predicted molar refractivity (Wildman–Crippen MR) is 63.8 cm³/mol. The van der Waals surface area contributed by atoms with Crippen LogP contribution in [-0.2, 0) is 4.79 Å². The molecular weight excluding hydrogens is 228 g/mol. The Hall–Kier alpha value is -0.910. The van der Waals surface area contributed by atoms with Gasteiger partial charge in [0.15, 0.2) is 0 Å². The van der Waals surface area contributed by atoms with E-state index in [-0.39, 0.29) is 12.5 Å². The van der Waals surface area contributed by atoms with E-state index in [0.717, 1.165) is 19.5 Å². The highest BCUT2D eigenvalue weighted by Crippen LogP contribution is 2.19. The average Bonchev–Trinajstić information content (AvgIpc) is 2.72. The second kappa shape index (κ2) is 6.62. The van der Waals surface area contributed by atoms with Gasteiger partial charge in [-0.3, -0.25) is 4.79 Å². The summed E-state index contributed by atoms with van der Waals surface area (Å²) in [5.74, 6) is -0.821. The number of likely N-dealkylation sites (tertiary alicyclic amines) is 1. The number of aliphatic carboxylic acids is 1. The van der Waals surface area contributed by atoms with E-state index < -0.39 is 5.97 Å². The fraction of sp³-hybridized carbons (Fsp3) is 0.800. The molecule has 0 saturated carbocycles. The van der Waals surface area contributed by atoms with Crippen molar-refractivity contribution in [3.8, 4) is 0 Å². The van der Waals surface area contributed by atoms with Crippen molar-refractivity contribution in [1.29, 1.82) is 0 Å². The molecule has 16 heavy (non-hydrogen) atoms. The molecule has 0 bridgehead atoms. The summed E-state index contributed by atoms with van der Waals surface area (Å²) < 4.78 is 0. The lowest BCUT2D eigenvalue weighted by molar-refractivity contribution is -0.137. The molecule has 1 aliphatic rings. The fourth-order valence-electron chi connectivity index (χ4n) is 1.65. The molecule has 6 heteroatoms. The first-order chi connectivity index (χ1) is 7.63. The smallest absolute Gasteiger partial charge is 0.317 e. The number of nitrogens with zero attached hydrogens (tertiary/aromatic N) is 1. The molecule has 0 aromatic carbocycles. The third kappa shape index (κ3) is 4.30. The summed E-state index contributed by atoms with van der Waals surface area (Å²) in [5.41, 5.74) is 0. The van der Waals surface area contributed by atoms with Crippen molar-refractivity contribution in [3.63, 3.8) is 0 Å². The number of carboxylic acids is 1. The fourth-order valence-corrected chi connectivity index (χ4v) is 2.32. The quantitative estimate of drug-likeness (QED) is 0.710. The summed E-state index contributed by atoms with van der Waals surface area (Å²) in [7, 11) is 0. The van der Waals surface area contributed by atoms with Gasteiger partial charge in [-0.05, 0) is 19.1 Å². The number of amides is 2. The van der Waals surface area contributed by atoms with Crippen LogP contribution in [0.1, 0.15) is 19.3 Å². The maximum absolute atomic E-state index is 11.6. The van der Waals surface area contributed by atoms with Crippen LogP contribution in [-0.4, -0.2) is 53.1 Å². The monoisotopic (exact) mass is 246 g/mol. The molecule has 0 spiro atoms. The van der Waals surface area contributed by atoms with Crippen LogP contribution in [0, 0.1) is 0 Å². The number of rotatable bonds is 5. The third-order valence-corrected chi connectivity index (χ3v) is 3.66. The van der Waals surface area contributed by atoms with Gasteiger partial charge in [0.25, 0.3) is 0 Å². The number of hydrogen-bond acceptors (Lipinski definition) is 3. The first kappa shape index (κ1) is 13.2. The summed E-state index contributed by atoms with van der Waals surface area (Å²) in [6.07, 6.45) is 3.69. The van der Waals surface area contributed by atoms with E-state index in [0.29, 0.717) is 18.2 Å². The summed E-state index contributed by atoms with van der Waals surface area (Å²) >= 11 is 1.79. The molecule has 2 N–H and O–H groups in total. The van der Waals surface area contributed by atoms with Gasteiger partial charge in [-0.15, -0.1) is 0 Å². The van der Waals surface area contributed by atoms with E-state index in [1.54, 1.807) is 16.7 Å². The van der Waals surface area contributed by atoms with E-state index in [9.17, 15) is 9.59 Å². The lowest BCUT2D eigenvalue weighted by Gasteiger charge is -2.16. The van der Waals surface area contributed by atoms with Gasteiger partial charge < -0.3 is 15.3 Å². The largest absolute Gasteiger partial charge is 0.481 e. The normalized spacial score (nSPS) is 19.8. The highest BCUT2D eigenvalue weighted by molar-refractivity contribution is 7.99. The molecule has 1 heterocycles. The Balaban J connectivity index is 2.13. The number of urea groups is 1.